The van der Waals surface area contributed by atoms with Gasteiger partial charge in [0.2, 0.25) is 0 Å². The number of benzene rings is 1. The fraction of sp³-hybridized carbons (Fsp3) is 0.0667. The molecule has 3 aromatic rings. The number of nitrogens with two attached hydrogens (primary N) is 1. The Morgan fingerprint density at radius 3 is 2.57 bits per heavy atom. The van der Waals surface area contributed by atoms with Crippen molar-refractivity contribution in [2.45, 2.75) is 6.61 Å². The molecular weight excluding hydrogens is 328 g/mol. The van der Waals surface area contributed by atoms with E-state index in [1.54, 1.807) is 6.07 Å². The van der Waals surface area contributed by atoms with Gasteiger partial charge >= 0.3 is 6.61 Å². The van der Waals surface area contributed by atoms with E-state index in [0.717, 1.165) is 0 Å². The van der Waals surface area contributed by atoms with Crippen LogP contribution in [-0.4, -0.2) is 16.2 Å². The van der Waals surface area contributed by atoms with Gasteiger partial charge < -0.3 is 10.5 Å². The molecule has 8 heteroatoms. The van der Waals surface area contributed by atoms with Crippen LogP contribution in [-0.2, 0) is 0 Å². The molecule has 0 bridgehead atoms. The molecule has 0 aliphatic carbocycles. The number of anilines is 1. The van der Waals surface area contributed by atoms with Gasteiger partial charge in [0, 0.05) is 18.0 Å². The molecule has 0 aliphatic heterocycles. The van der Waals surface area contributed by atoms with Crippen molar-refractivity contribution in [3.05, 3.63) is 58.0 Å². The number of rotatable bonds is 3. The van der Waals surface area contributed by atoms with Crippen molar-refractivity contribution in [1.29, 1.82) is 0 Å². The number of nitrogen functional groups attached to an aromatic ring is 1. The quantitative estimate of drug-likeness (QED) is 0.796. The van der Waals surface area contributed by atoms with E-state index in [1.165, 1.54) is 41.1 Å². The molecule has 3 rings (SSSR count). The predicted molar refractivity (Wildman–Crippen MR) is 83.4 cm³/mol. The highest BCUT2D eigenvalue weighted by molar-refractivity contribution is 6.31. The number of hydrogen-bond acceptors (Lipinski definition) is 4. The maximum Gasteiger partial charge on any atom is 0.387 e. The van der Waals surface area contributed by atoms with Gasteiger partial charge in [-0.1, -0.05) is 11.6 Å². The zero-order chi connectivity index (χ0) is 16.6. The molecule has 0 atom stereocenters. The average molecular weight is 338 g/mol. The molecule has 0 saturated heterocycles. The van der Waals surface area contributed by atoms with Crippen LogP contribution in [0.4, 0.5) is 14.5 Å². The molecule has 0 amide bonds. The highest BCUT2D eigenvalue weighted by atomic mass is 35.5. The highest BCUT2D eigenvalue weighted by Gasteiger charge is 2.11. The predicted octanol–water partition coefficient (Wildman–Crippen LogP) is 3.22. The molecule has 2 N–H and O–H groups in total. The zero-order valence-corrected chi connectivity index (χ0v) is 12.3. The van der Waals surface area contributed by atoms with Crippen molar-refractivity contribution in [3.8, 4) is 11.4 Å². The Balaban J connectivity index is 2.19. The van der Waals surface area contributed by atoms with Gasteiger partial charge in [-0.25, -0.2) is 0 Å². The second-order valence-electron chi connectivity index (χ2n) is 4.67. The number of hydrogen-bond donors (Lipinski definition) is 1. The van der Waals surface area contributed by atoms with E-state index < -0.39 is 6.61 Å². The van der Waals surface area contributed by atoms with Gasteiger partial charge in [0.15, 0.2) is 0 Å². The molecule has 0 aliphatic rings. The SMILES string of the molecule is Nc1cc(=O)n(-c2ccc(OC(F)F)cc2)c2cc(Cl)cnc12. The maximum absolute atomic E-state index is 12.3. The van der Waals surface area contributed by atoms with Crippen LogP contribution in [0.5, 0.6) is 5.75 Å². The fourth-order valence-electron chi connectivity index (χ4n) is 2.25. The Bertz CT molecular complexity index is 926. The molecule has 0 saturated carbocycles. The fourth-order valence-corrected chi connectivity index (χ4v) is 2.40. The molecule has 0 unspecified atom stereocenters. The lowest BCUT2D eigenvalue weighted by Crippen LogP contribution is -2.19. The molecule has 0 spiro atoms. The molecular formula is C15H10ClF2N3O2. The zero-order valence-electron chi connectivity index (χ0n) is 11.5. The number of alkyl halides is 2. The van der Waals surface area contributed by atoms with Gasteiger partial charge in [-0.15, -0.1) is 0 Å². The van der Waals surface area contributed by atoms with E-state index in [2.05, 4.69) is 9.72 Å². The van der Waals surface area contributed by atoms with E-state index in [-0.39, 0.29) is 17.0 Å². The van der Waals surface area contributed by atoms with E-state index in [1.807, 2.05) is 0 Å². The molecule has 5 nitrogen and oxygen atoms in total. The Hall–Kier alpha value is -2.67. The lowest BCUT2D eigenvalue weighted by molar-refractivity contribution is -0.0498. The van der Waals surface area contributed by atoms with Crippen molar-refractivity contribution in [2.24, 2.45) is 0 Å². The monoisotopic (exact) mass is 337 g/mol. The second kappa shape index (κ2) is 5.85. The van der Waals surface area contributed by atoms with E-state index in [4.69, 9.17) is 17.3 Å². The third-order valence-electron chi connectivity index (χ3n) is 3.17. The molecule has 118 valence electrons. The minimum absolute atomic E-state index is 0.00675. The molecule has 2 heterocycles. The summed E-state index contributed by atoms with van der Waals surface area (Å²) in [6.07, 6.45) is 1.43. The topological polar surface area (TPSA) is 70.1 Å². The van der Waals surface area contributed by atoms with Crippen molar-refractivity contribution in [1.82, 2.24) is 9.55 Å². The Kier molecular flexibility index (Phi) is 3.87. The Morgan fingerprint density at radius 2 is 1.91 bits per heavy atom. The third-order valence-corrected chi connectivity index (χ3v) is 3.37. The summed E-state index contributed by atoms with van der Waals surface area (Å²) in [6.45, 7) is -2.91. The number of ether oxygens (including phenoxy) is 1. The van der Waals surface area contributed by atoms with Crippen molar-refractivity contribution < 1.29 is 13.5 Å². The van der Waals surface area contributed by atoms with Crippen LogP contribution in [0.25, 0.3) is 16.7 Å². The van der Waals surface area contributed by atoms with E-state index in [9.17, 15) is 13.6 Å². The van der Waals surface area contributed by atoms with Gasteiger partial charge in [0.05, 0.1) is 16.2 Å². The molecule has 0 fully saturated rings. The first kappa shape index (κ1) is 15.2. The van der Waals surface area contributed by atoms with Crippen LogP contribution in [0.1, 0.15) is 0 Å². The van der Waals surface area contributed by atoms with Crippen molar-refractivity contribution >= 4 is 28.3 Å². The lowest BCUT2D eigenvalue weighted by atomic mass is 10.2. The first-order chi connectivity index (χ1) is 11.0. The Labute approximate surface area is 133 Å². The summed E-state index contributed by atoms with van der Waals surface area (Å²) in [7, 11) is 0. The minimum atomic E-state index is -2.91. The van der Waals surface area contributed by atoms with Crippen LogP contribution in [0.3, 0.4) is 0 Å². The van der Waals surface area contributed by atoms with Crippen LogP contribution in [0.2, 0.25) is 5.02 Å². The van der Waals surface area contributed by atoms with Gasteiger partial charge in [-0.3, -0.25) is 14.3 Å². The summed E-state index contributed by atoms with van der Waals surface area (Å²) in [5, 5.41) is 0.342. The second-order valence-corrected chi connectivity index (χ2v) is 5.10. The average Bonchev–Trinajstić information content (AvgIpc) is 2.48. The summed E-state index contributed by atoms with van der Waals surface area (Å²) >= 11 is 5.94. The third kappa shape index (κ3) is 2.95. The molecule has 23 heavy (non-hydrogen) atoms. The summed E-state index contributed by atoms with van der Waals surface area (Å²) in [5.74, 6) is -0.00675. The molecule has 0 radical (unpaired) electrons. The normalized spacial score (nSPS) is 11.1. The Morgan fingerprint density at radius 1 is 1.22 bits per heavy atom. The summed E-state index contributed by atoms with van der Waals surface area (Å²) < 4.78 is 30.0. The standard InChI is InChI=1S/C15H10ClF2N3O2/c16-8-5-12-14(20-7-8)11(19)6-13(22)21(12)9-1-3-10(4-2-9)23-15(17)18/h1-7,15H,19H2. The number of pyridine rings is 2. The smallest absolute Gasteiger partial charge is 0.387 e. The lowest BCUT2D eigenvalue weighted by Gasteiger charge is -2.12. The highest BCUT2D eigenvalue weighted by Crippen LogP contribution is 2.24. The van der Waals surface area contributed by atoms with Crippen molar-refractivity contribution in [2.75, 3.05) is 5.73 Å². The van der Waals surface area contributed by atoms with Crippen LogP contribution < -0.4 is 16.0 Å². The van der Waals surface area contributed by atoms with E-state index in [0.29, 0.717) is 21.7 Å². The van der Waals surface area contributed by atoms with Gasteiger partial charge in [-0.05, 0) is 30.3 Å². The van der Waals surface area contributed by atoms with E-state index >= 15 is 0 Å². The number of aromatic nitrogens is 2. The maximum atomic E-state index is 12.3. The van der Waals surface area contributed by atoms with Crippen molar-refractivity contribution in [3.63, 3.8) is 0 Å². The summed E-state index contributed by atoms with van der Waals surface area (Å²) in [6, 6.07) is 8.45. The number of nitrogens with zero attached hydrogens (tertiary/aromatic N) is 2. The minimum Gasteiger partial charge on any atom is -0.435 e. The van der Waals surface area contributed by atoms with Crippen LogP contribution >= 0.6 is 11.6 Å². The van der Waals surface area contributed by atoms with Gasteiger partial charge in [0.25, 0.3) is 5.56 Å². The van der Waals surface area contributed by atoms with Crippen LogP contribution in [0.15, 0.2) is 47.4 Å². The molecule has 1 aromatic carbocycles. The summed E-state index contributed by atoms with van der Waals surface area (Å²) in [4.78, 5) is 16.4. The first-order valence-electron chi connectivity index (χ1n) is 6.48. The van der Waals surface area contributed by atoms with Crippen LogP contribution in [0, 0.1) is 0 Å². The van der Waals surface area contributed by atoms with Gasteiger partial charge in [0.1, 0.15) is 11.3 Å². The first-order valence-corrected chi connectivity index (χ1v) is 6.85. The largest absolute Gasteiger partial charge is 0.435 e. The number of halogens is 3. The molecule has 2 aromatic heterocycles. The number of fused-ring (bicyclic) bond motifs is 1. The summed E-state index contributed by atoms with van der Waals surface area (Å²) in [5.41, 5.74) is 6.94. The van der Waals surface area contributed by atoms with Gasteiger partial charge in [-0.2, -0.15) is 8.78 Å².